The Labute approximate surface area is 142 Å². The summed E-state index contributed by atoms with van der Waals surface area (Å²) in [6.07, 6.45) is 0.810. The first-order valence-corrected chi connectivity index (χ1v) is 8.33. The van der Waals surface area contributed by atoms with Crippen LogP contribution >= 0.6 is 0 Å². The highest BCUT2D eigenvalue weighted by atomic mass is 16.2. The van der Waals surface area contributed by atoms with Gasteiger partial charge < -0.3 is 4.90 Å². The number of rotatable bonds is 6. The van der Waals surface area contributed by atoms with E-state index >= 15 is 0 Å². The van der Waals surface area contributed by atoms with Crippen LogP contribution in [-0.2, 0) is 18.4 Å². The number of hydrogen-bond donors (Lipinski definition) is 0. The van der Waals surface area contributed by atoms with Gasteiger partial charge >= 0.3 is 5.69 Å². The number of carbonyl (C=O) groups is 1. The highest BCUT2D eigenvalue weighted by molar-refractivity contribution is 5.76. The first-order chi connectivity index (χ1) is 11.4. The average Bonchev–Trinajstić information content (AvgIpc) is 2.79. The van der Waals surface area contributed by atoms with Gasteiger partial charge in [-0.25, -0.2) is 9.48 Å². The van der Waals surface area contributed by atoms with Crippen LogP contribution in [-0.4, -0.2) is 31.2 Å². The number of aryl methyl sites for hydroxylation is 1. The van der Waals surface area contributed by atoms with Crippen molar-refractivity contribution >= 4 is 5.91 Å². The lowest BCUT2D eigenvalue weighted by Gasteiger charge is -2.35. The fourth-order valence-corrected chi connectivity index (χ4v) is 3.00. The quantitative estimate of drug-likeness (QED) is 0.816. The molecule has 0 aliphatic rings. The fraction of sp³-hybridized carbons (Fsp3) is 0.500. The normalized spacial score (nSPS) is 12.4. The molecule has 0 bridgehead atoms. The lowest BCUT2D eigenvalue weighted by atomic mass is 10.0. The van der Waals surface area contributed by atoms with Crippen LogP contribution in [0.5, 0.6) is 0 Å². The van der Waals surface area contributed by atoms with Crippen LogP contribution in [0.3, 0.4) is 0 Å². The molecule has 6 heteroatoms. The Morgan fingerprint density at radius 2 is 1.88 bits per heavy atom. The van der Waals surface area contributed by atoms with Crippen LogP contribution in [0.1, 0.15) is 44.6 Å². The summed E-state index contributed by atoms with van der Waals surface area (Å²) in [6, 6.07) is 10.0. The van der Waals surface area contributed by atoms with Crippen molar-refractivity contribution in [1.82, 2.24) is 19.2 Å². The Bertz CT molecular complexity index is 746. The number of hydrogen-bond acceptors (Lipinski definition) is 3. The molecule has 130 valence electrons. The second-order valence-electron chi connectivity index (χ2n) is 6.28. The van der Waals surface area contributed by atoms with Gasteiger partial charge in [-0.05, 0) is 32.8 Å². The minimum Gasteiger partial charge on any atom is -0.332 e. The number of nitrogens with zero attached hydrogens (tertiary/aromatic N) is 4. The number of benzene rings is 1. The molecule has 0 saturated heterocycles. The summed E-state index contributed by atoms with van der Waals surface area (Å²) >= 11 is 0. The third kappa shape index (κ3) is 3.58. The van der Waals surface area contributed by atoms with Gasteiger partial charge in [0.05, 0.1) is 6.04 Å². The molecule has 0 aliphatic heterocycles. The van der Waals surface area contributed by atoms with Gasteiger partial charge in [0.15, 0.2) is 0 Å². The van der Waals surface area contributed by atoms with Gasteiger partial charge in [0.25, 0.3) is 0 Å². The van der Waals surface area contributed by atoms with Gasteiger partial charge in [-0.2, -0.15) is 5.10 Å². The van der Waals surface area contributed by atoms with E-state index in [-0.39, 0.29) is 30.2 Å². The minimum absolute atomic E-state index is 0.0146. The van der Waals surface area contributed by atoms with Crippen LogP contribution in [0.2, 0.25) is 0 Å². The Morgan fingerprint density at radius 1 is 1.25 bits per heavy atom. The zero-order valence-electron chi connectivity index (χ0n) is 15.1. The van der Waals surface area contributed by atoms with E-state index in [2.05, 4.69) is 12.0 Å². The van der Waals surface area contributed by atoms with E-state index in [1.165, 1.54) is 9.25 Å². The molecule has 0 radical (unpaired) electrons. The second-order valence-corrected chi connectivity index (χ2v) is 6.28. The third-order valence-corrected chi connectivity index (χ3v) is 4.29. The maximum absolute atomic E-state index is 12.9. The Morgan fingerprint density at radius 3 is 2.33 bits per heavy atom. The lowest BCUT2D eigenvalue weighted by molar-refractivity contribution is -0.136. The number of amides is 1. The molecule has 1 aromatic heterocycles. The molecule has 2 aromatic rings. The molecule has 0 N–H and O–H groups in total. The van der Waals surface area contributed by atoms with E-state index in [1.54, 1.807) is 14.0 Å². The van der Waals surface area contributed by atoms with E-state index in [1.807, 2.05) is 49.1 Å². The van der Waals surface area contributed by atoms with Crippen LogP contribution in [0.4, 0.5) is 0 Å². The molecule has 0 fully saturated rings. The molecular formula is C18H26N4O2. The summed E-state index contributed by atoms with van der Waals surface area (Å²) < 4.78 is 2.69. The van der Waals surface area contributed by atoms with Crippen molar-refractivity contribution in [2.24, 2.45) is 7.05 Å². The van der Waals surface area contributed by atoms with Crippen LogP contribution in [0.25, 0.3) is 0 Å². The predicted molar refractivity (Wildman–Crippen MR) is 93.7 cm³/mol. The van der Waals surface area contributed by atoms with E-state index in [0.717, 1.165) is 12.0 Å². The van der Waals surface area contributed by atoms with Crippen molar-refractivity contribution < 1.29 is 4.79 Å². The summed E-state index contributed by atoms with van der Waals surface area (Å²) in [5, 5.41) is 4.17. The fourth-order valence-electron chi connectivity index (χ4n) is 3.00. The maximum Gasteiger partial charge on any atom is 0.346 e. The molecular weight excluding hydrogens is 304 g/mol. The first-order valence-electron chi connectivity index (χ1n) is 8.33. The van der Waals surface area contributed by atoms with Crippen LogP contribution in [0.15, 0.2) is 35.1 Å². The second kappa shape index (κ2) is 7.47. The van der Waals surface area contributed by atoms with Crippen molar-refractivity contribution in [2.75, 3.05) is 0 Å². The summed E-state index contributed by atoms with van der Waals surface area (Å²) in [5.41, 5.74) is 0.837. The molecule has 1 atom stereocenters. The molecule has 0 aliphatic carbocycles. The topological polar surface area (TPSA) is 60.1 Å². The van der Waals surface area contributed by atoms with Crippen molar-refractivity contribution in [3.8, 4) is 0 Å². The molecule has 6 nitrogen and oxygen atoms in total. The monoisotopic (exact) mass is 330 g/mol. The average molecular weight is 330 g/mol. The molecule has 24 heavy (non-hydrogen) atoms. The van der Waals surface area contributed by atoms with Gasteiger partial charge in [0.1, 0.15) is 12.4 Å². The van der Waals surface area contributed by atoms with Gasteiger partial charge in [-0.1, -0.05) is 37.3 Å². The summed E-state index contributed by atoms with van der Waals surface area (Å²) in [6.45, 7) is 7.77. The SMILES string of the molecule is CCC(c1ccccc1)N(C(=O)Cn1nc(C)n(C)c1=O)C(C)C. The summed E-state index contributed by atoms with van der Waals surface area (Å²) in [7, 11) is 1.66. The standard InChI is InChI=1S/C18H26N4O2/c1-6-16(15-10-8-7-9-11-15)22(13(2)3)17(23)12-21-18(24)20(5)14(4)19-21/h7-11,13,16H,6,12H2,1-5H3. The Balaban J connectivity index is 2.30. The molecule has 0 spiro atoms. The van der Waals surface area contributed by atoms with Crippen molar-refractivity contribution in [3.05, 3.63) is 52.2 Å². The third-order valence-electron chi connectivity index (χ3n) is 4.29. The smallest absolute Gasteiger partial charge is 0.332 e. The molecule has 0 saturated carbocycles. The molecule has 1 unspecified atom stereocenters. The molecule has 1 heterocycles. The maximum atomic E-state index is 12.9. The number of carbonyl (C=O) groups excluding carboxylic acids is 1. The minimum atomic E-state index is -0.266. The predicted octanol–water partition coefficient (Wildman–Crippen LogP) is 2.28. The summed E-state index contributed by atoms with van der Waals surface area (Å²) in [4.78, 5) is 26.9. The summed E-state index contributed by atoms with van der Waals surface area (Å²) in [5.74, 6) is 0.500. The molecule has 1 aromatic carbocycles. The van der Waals surface area contributed by atoms with Crippen molar-refractivity contribution in [3.63, 3.8) is 0 Å². The Kier molecular flexibility index (Phi) is 5.59. The largest absolute Gasteiger partial charge is 0.346 e. The molecule has 1 amide bonds. The molecule has 2 rings (SSSR count). The van der Waals surface area contributed by atoms with Crippen LogP contribution in [0, 0.1) is 6.92 Å². The van der Waals surface area contributed by atoms with Gasteiger partial charge in [0, 0.05) is 13.1 Å². The van der Waals surface area contributed by atoms with E-state index in [9.17, 15) is 9.59 Å². The van der Waals surface area contributed by atoms with Crippen molar-refractivity contribution in [1.29, 1.82) is 0 Å². The Hall–Kier alpha value is -2.37. The lowest BCUT2D eigenvalue weighted by Crippen LogP contribution is -2.43. The zero-order valence-corrected chi connectivity index (χ0v) is 15.1. The number of aromatic nitrogens is 3. The van der Waals surface area contributed by atoms with Gasteiger partial charge in [-0.15, -0.1) is 0 Å². The van der Waals surface area contributed by atoms with E-state index in [0.29, 0.717) is 5.82 Å². The van der Waals surface area contributed by atoms with Crippen LogP contribution < -0.4 is 5.69 Å². The first kappa shape index (κ1) is 18.0. The van der Waals surface area contributed by atoms with Crippen molar-refractivity contribution in [2.45, 2.75) is 52.7 Å². The highest BCUT2D eigenvalue weighted by Gasteiger charge is 2.27. The van der Waals surface area contributed by atoms with E-state index in [4.69, 9.17) is 0 Å². The highest BCUT2D eigenvalue weighted by Crippen LogP contribution is 2.26. The zero-order chi connectivity index (χ0) is 17.9. The van der Waals surface area contributed by atoms with Gasteiger partial charge in [0.2, 0.25) is 5.91 Å². The van der Waals surface area contributed by atoms with E-state index < -0.39 is 0 Å². The van der Waals surface area contributed by atoms with Gasteiger partial charge in [-0.3, -0.25) is 9.36 Å².